The van der Waals surface area contributed by atoms with Gasteiger partial charge in [-0.25, -0.2) is 0 Å². The smallest absolute Gasteiger partial charge is 0.137 e. The fourth-order valence-electron chi connectivity index (χ4n) is 2.88. The highest BCUT2D eigenvalue weighted by molar-refractivity contribution is 6.32. The minimum Gasteiger partial charge on any atom is -0.497 e. The topological polar surface area (TPSA) is 24.9 Å². The molecule has 2 aromatic carbocycles. The summed E-state index contributed by atoms with van der Waals surface area (Å²) in [5.41, 5.74) is 2.46. The van der Waals surface area contributed by atoms with Gasteiger partial charge in [0.2, 0.25) is 0 Å². The van der Waals surface area contributed by atoms with Gasteiger partial charge in [-0.3, -0.25) is 4.90 Å². The molecule has 2 rings (SSSR count). The molecule has 0 aromatic heterocycles. The standard InChI is InChI=1S/C21H29ClN2O2/c1-23(2)12-5-13-24(15-17-6-9-19(25-3)10-7-17)16-18-8-11-21(26-4)20(22)14-18/h6-11,14H,5,12-13,15-16H2,1-4H3. The first-order chi connectivity index (χ1) is 12.5. The van der Waals surface area contributed by atoms with Crippen molar-refractivity contribution >= 4 is 11.6 Å². The molecule has 2 aromatic rings. The molecule has 0 aliphatic heterocycles. The normalized spacial score (nSPS) is 11.2. The Bertz CT molecular complexity index is 674. The van der Waals surface area contributed by atoms with Crippen LogP contribution in [0.5, 0.6) is 11.5 Å². The summed E-state index contributed by atoms with van der Waals surface area (Å²) >= 11 is 6.29. The van der Waals surface area contributed by atoms with Gasteiger partial charge in [-0.15, -0.1) is 0 Å². The maximum absolute atomic E-state index is 6.29. The molecular formula is C21H29ClN2O2. The van der Waals surface area contributed by atoms with Gasteiger partial charge >= 0.3 is 0 Å². The zero-order chi connectivity index (χ0) is 18.9. The largest absolute Gasteiger partial charge is 0.497 e. The molecule has 26 heavy (non-hydrogen) atoms. The third-order valence-corrected chi connectivity index (χ3v) is 4.56. The van der Waals surface area contributed by atoms with Gasteiger partial charge in [0.05, 0.1) is 19.2 Å². The zero-order valence-corrected chi connectivity index (χ0v) is 16.9. The third kappa shape index (κ3) is 6.52. The third-order valence-electron chi connectivity index (χ3n) is 4.27. The molecule has 0 saturated heterocycles. The molecule has 4 nitrogen and oxygen atoms in total. The van der Waals surface area contributed by atoms with Gasteiger partial charge < -0.3 is 14.4 Å². The number of nitrogens with zero attached hydrogens (tertiary/aromatic N) is 2. The van der Waals surface area contributed by atoms with Crippen LogP contribution in [0.25, 0.3) is 0 Å². The second-order valence-corrected chi connectivity index (χ2v) is 7.09. The summed E-state index contributed by atoms with van der Waals surface area (Å²) < 4.78 is 10.5. The van der Waals surface area contributed by atoms with Crippen molar-refractivity contribution in [2.75, 3.05) is 41.4 Å². The molecule has 0 saturated carbocycles. The molecule has 0 aliphatic carbocycles. The van der Waals surface area contributed by atoms with E-state index in [1.807, 2.05) is 24.3 Å². The Morgan fingerprint density at radius 2 is 1.50 bits per heavy atom. The van der Waals surface area contributed by atoms with Gasteiger partial charge in [0.25, 0.3) is 0 Å². The van der Waals surface area contributed by atoms with Crippen LogP contribution in [0.3, 0.4) is 0 Å². The van der Waals surface area contributed by atoms with E-state index in [9.17, 15) is 0 Å². The molecule has 0 aliphatic rings. The Hall–Kier alpha value is -1.75. The van der Waals surface area contributed by atoms with Gasteiger partial charge in [0.15, 0.2) is 0 Å². The predicted octanol–water partition coefficient (Wildman–Crippen LogP) is 4.31. The van der Waals surface area contributed by atoms with Crippen LogP contribution in [-0.4, -0.2) is 51.2 Å². The van der Waals surface area contributed by atoms with Gasteiger partial charge in [0, 0.05) is 19.6 Å². The Labute approximate surface area is 162 Å². The van der Waals surface area contributed by atoms with Crippen LogP contribution in [-0.2, 0) is 13.1 Å². The quantitative estimate of drug-likeness (QED) is 0.616. The van der Waals surface area contributed by atoms with Crippen molar-refractivity contribution in [3.63, 3.8) is 0 Å². The van der Waals surface area contributed by atoms with Crippen molar-refractivity contribution in [3.8, 4) is 11.5 Å². The fourth-order valence-corrected chi connectivity index (χ4v) is 3.16. The first kappa shape index (κ1) is 20.6. The van der Waals surface area contributed by atoms with Crippen LogP contribution in [0, 0.1) is 0 Å². The average Bonchev–Trinajstić information content (AvgIpc) is 2.62. The lowest BCUT2D eigenvalue weighted by Crippen LogP contribution is -2.26. The second kappa shape index (κ2) is 10.4. The van der Waals surface area contributed by atoms with Gasteiger partial charge in [-0.2, -0.15) is 0 Å². The fraction of sp³-hybridized carbons (Fsp3) is 0.429. The van der Waals surface area contributed by atoms with E-state index in [2.05, 4.69) is 42.1 Å². The summed E-state index contributed by atoms with van der Waals surface area (Å²) in [7, 11) is 7.54. The molecule has 0 unspecified atom stereocenters. The van der Waals surface area contributed by atoms with E-state index < -0.39 is 0 Å². The van der Waals surface area contributed by atoms with Crippen LogP contribution in [0.4, 0.5) is 0 Å². The predicted molar refractivity (Wildman–Crippen MR) is 108 cm³/mol. The molecule has 5 heteroatoms. The Balaban J connectivity index is 2.07. The van der Waals surface area contributed by atoms with Crippen molar-refractivity contribution < 1.29 is 9.47 Å². The zero-order valence-electron chi connectivity index (χ0n) is 16.2. The van der Waals surface area contributed by atoms with Crippen LogP contribution in [0.15, 0.2) is 42.5 Å². The van der Waals surface area contributed by atoms with Crippen molar-refractivity contribution in [3.05, 3.63) is 58.6 Å². The summed E-state index contributed by atoms with van der Waals surface area (Å²) in [5.74, 6) is 1.60. The highest BCUT2D eigenvalue weighted by Gasteiger charge is 2.10. The van der Waals surface area contributed by atoms with E-state index in [0.29, 0.717) is 10.8 Å². The molecule has 0 N–H and O–H groups in total. The first-order valence-corrected chi connectivity index (χ1v) is 9.22. The van der Waals surface area contributed by atoms with E-state index in [0.717, 1.165) is 38.3 Å². The number of methoxy groups -OCH3 is 2. The second-order valence-electron chi connectivity index (χ2n) is 6.68. The highest BCUT2D eigenvalue weighted by Crippen LogP contribution is 2.26. The number of rotatable bonds is 10. The molecule has 0 bridgehead atoms. The van der Waals surface area contributed by atoms with Crippen LogP contribution >= 0.6 is 11.6 Å². The summed E-state index contributed by atoms with van der Waals surface area (Å²) in [6.45, 7) is 3.83. The Morgan fingerprint density at radius 1 is 0.846 bits per heavy atom. The molecule has 0 heterocycles. The monoisotopic (exact) mass is 376 g/mol. The van der Waals surface area contributed by atoms with E-state index >= 15 is 0 Å². The molecular weight excluding hydrogens is 348 g/mol. The number of hydrogen-bond donors (Lipinski definition) is 0. The van der Waals surface area contributed by atoms with Crippen LogP contribution in [0.2, 0.25) is 5.02 Å². The SMILES string of the molecule is COc1ccc(CN(CCCN(C)C)Cc2ccc(OC)c(Cl)c2)cc1. The maximum Gasteiger partial charge on any atom is 0.137 e. The van der Waals surface area contributed by atoms with Gasteiger partial charge in [0.1, 0.15) is 11.5 Å². The lowest BCUT2D eigenvalue weighted by molar-refractivity contribution is 0.239. The van der Waals surface area contributed by atoms with E-state index in [1.54, 1.807) is 14.2 Å². The number of hydrogen-bond acceptors (Lipinski definition) is 4. The number of ether oxygens (including phenoxy) is 2. The molecule has 142 valence electrons. The first-order valence-electron chi connectivity index (χ1n) is 8.84. The molecule has 0 radical (unpaired) electrons. The lowest BCUT2D eigenvalue weighted by atomic mass is 10.1. The molecule has 0 spiro atoms. The van der Waals surface area contributed by atoms with Gasteiger partial charge in [-0.05, 0) is 62.5 Å². The average molecular weight is 377 g/mol. The molecule has 0 atom stereocenters. The summed E-state index contributed by atoms with van der Waals surface area (Å²) in [5, 5.41) is 0.655. The number of benzene rings is 2. The van der Waals surface area contributed by atoms with Crippen molar-refractivity contribution in [2.45, 2.75) is 19.5 Å². The lowest BCUT2D eigenvalue weighted by Gasteiger charge is -2.24. The summed E-state index contributed by atoms with van der Waals surface area (Å²) in [6, 6.07) is 14.3. The van der Waals surface area contributed by atoms with Crippen LogP contribution < -0.4 is 9.47 Å². The van der Waals surface area contributed by atoms with Crippen molar-refractivity contribution in [1.29, 1.82) is 0 Å². The van der Waals surface area contributed by atoms with Crippen molar-refractivity contribution in [2.24, 2.45) is 0 Å². The minimum atomic E-state index is 0.655. The number of halogens is 1. The Morgan fingerprint density at radius 3 is 2.08 bits per heavy atom. The summed E-state index contributed by atoms with van der Waals surface area (Å²) in [6.07, 6.45) is 1.12. The Kier molecular flexibility index (Phi) is 8.23. The summed E-state index contributed by atoms with van der Waals surface area (Å²) in [4.78, 5) is 4.67. The molecule has 0 amide bonds. The minimum absolute atomic E-state index is 0.655. The van der Waals surface area contributed by atoms with Crippen LogP contribution in [0.1, 0.15) is 17.5 Å². The highest BCUT2D eigenvalue weighted by atomic mass is 35.5. The van der Waals surface area contributed by atoms with E-state index in [-0.39, 0.29) is 0 Å². The van der Waals surface area contributed by atoms with Gasteiger partial charge in [-0.1, -0.05) is 29.8 Å². The molecule has 0 fully saturated rings. The van der Waals surface area contributed by atoms with Crippen molar-refractivity contribution in [1.82, 2.24) is 9.80 Å². The van der Waals surface area contributed by atoms with E-state index in [1.165, 1.54) is 11.1 Å². The van der Waals surface area contributed by atoms with E-state index in [4.69, 9.17) is 21.1 Å². The maximum atomic E-state index is 6.29.